The van der Waals surface area contributed by atoms with Crippen molar-refractivity contribution in [2.24, 2.45) is 11.8 Å². The first kappa shape index (κ1) is 18.3. The van der Waals surface area contributed by atoms with Crippen molar-refractivity contribution in [3.63, 3.8) is 0 Å². The van der Waals surface area contributed by atoms with Crippen LogP contribution in [0.1, 0.15) is 29.5 Å². The van der Waals surface area contributed by atoms with E-state index in [1.54, 1.807) is 7.11 Å². The summed E-state index contributed by atoms with van der Waals surface area (Å²) in [5, 5.41) is 10.2. The standard InChI is InChI=1S/C23H29NO3/c1-16-3-5-17(6-4-16)15-27-21-10-7-18(11-22(21)26-2)12-24-13-19-8-9-20(14-24)23(19)25/h3-7,10-11,19-20,23,25H,8-9,12-15H2,1-2H3/t19-,20+,23?. The number of hydrogen-bond donors (Lipinski definition) is 1. The van der Waals surface area contributed by atoms with Gasteiger partial charge in [0.25, 0.3) is 0 Å². The van der Waals surface area contributed by atoms with Crippen LogP contribution in [0.5, 0.6) is 11.5 Å². The molecule has 1 aliphatic carbocycles. The van der Waals surface area contributed by atoms with Crippen molar-refractivity contribution in [2.45, 2.75) is 39.0 Å². The lowest BCUT2D eigenvalue weighted by molar-refractivity contribution is 0.0138. The molecular weight excluding hydrogens is 338 g/mol. The number of aryl methyl sites for hydroxylation is 1. The molecule has 2 fully saturated rings. The van der Waals surface area contributed by atoms with E-state index in [4.69, 9.17) is 9.47 Å². The Morgan fingerprint density at radius 3 is 2.30 bits per heavy atom. The van der Waals surface area contributed by atoms with Crippen LogP contribution in [-0.4, -0.2) is 36.3 Å². The van der Waals surface area contributed by atoms with Crippen molar-refractivity contribution >= 4 is 0 Å². The summed E-state index contributed by atoms with van der Waals surface area (Å²) in [4.78, 5) is 2.47. The van der Waals surface area contributed by atoms with Gasteiger partial charge in [0.05, 0.1) is 13.2 Å². The van der Waals surface area contributed by atoms with E-state index in [1.807, 2.05) is 6.07 Å². The van der Waals surface area contributed by atoms with E-state index in [2.05, 4.69) is 48.2 Å². The second kappa shape index (κ2) is 7.91. The van der Waals surface area contributed by atoms with Crippen LogP contribution in [0.15, 0.2) is 42.5 Å². The molecule has 4 heteroatoms. The first-order chi connectivity index (χ1) is 13.1. The zero-order valence-corrected chi connectivity index (χ0v) is 16.2. The third-order valence-corrected chi connectivity index (χ3v) is 6.01. The largest absolute Gasteiger partial charge is 0.493 e. The van der Waals surface area contributed by atoms with Crippen molar-refractivity contribution < 1.29 is 14.6 Å². The van der Waals surface area contributed by atoms with Gasteiger partial charge in [-0.25, -0.2) is 0 Å². The Hall–Kier alpha value is -2.04. The van der Waals surface area contributed by atoms with E-state index in [0.717, 1.165) is 49.5 Å². The Morgan fingerprint density at radius 1 is 0.963 bits per heavy atom. The lowest BCUT2D eigenvalue weighted by Gasteiger charge is -2.35. The summed E-state index contributed by atoms with van der Waals surface area (Å²) in [6.07, 6.45) is 2.24. The molecule has 1 saturated carbocycles. The van der Waals surface area contributed by atoms with E-state index in [9.17, 15) is 5.11 Å². The predicted octanol–water partition coefficient (Wildman–Crippen LogP) is 3.79. The number of hydrogen-bond acceptors (Lipinski definition) is 4. The summed E-state index contributed by atoms with van der Waals surface area (Å²) in [6.45, 7) is 5.50. The second-order valence-corrected chi connectivity index (χ2v) is 8.04. The van der Waals surface area contributed by atoms with Gasteiger partial charge in [-0.1, -0.05) is 35.9 Å². The van der Waals surface area contributed by atoms with Gasteiger partial charge in [-0.3, -0.25) is 4.90 Å². The summed E-state index contributed by atoms with van der Waals surface area (Å²) >= 11 is 0. The summed E-state index contributed by atoms with van der Waals surface area (Å²) < 4.78 is 11.6. The summed E-state index contributed by atoms with van der Waals surface area (Å²) in [5.74, 6) is 2.45. The van der Waals surface area contributed by atoms with Crippen LogP contribution >= 0.6 is 0 Å². The van der Waals surface area contributed by atoms with Crippen LogP contribution in [0, 0.1) is 18.8 Å². The lowest BCUT2D eigenvalue weighted by atomic mass is 9.95. The quantitative estimate of drug-likeness (QED) is 0.844. The van der Waals surface area contributed by atoms with E-state index in [1.165, 1.54) is 11.1 Å². The molecule has 2 aromatic rings. The molecule has 144 valence electrons. The molecule has 0 radical (unpaired) electrons. The van der Waals surface area contributed by atoms with Crippen LogP contribution in [0.2, 0.25) is 0 Å². The third-order valence-electron chi connectivity index (χ3n) is 6.01. The number of likely N-dealkylation sites (tertiary alicyclic amines) is 1. The Balaban J connectivity index is 1.40. The van der Waals surface area contributed by atoms with Gasteiger partial charge in [-0.15, -0.1) is 0 Å². The Kier molecular flexibility index (Phi) is 5.37. The molecule has 0 aromatic heterocycles. The minimum absolute atomic E-state index is 0.0895. The van der Waals surface area contributed by atoms with Crippen LogP contribution in [0.25, 0.3) is 0 Å². The molecule has 27 heavy (non-hydrogen) atoms. The fourth-order valence-electron chi connectivity index (χ4n) is 4.45. The van der Waals surface area contributed by atoms with E-state index in [0.29, 0.717) is 18.4 Å². The smallest absolute Gasteiger partial charge is 0.161 e. The highest BCUT2D eigenvalue weighted by molar-refractivity contribution is 5.43. The minimum atomic E-state index is -0.0895. The summed E-state index contributed by atoms with van der Waals surface area (Å²) in [7, 11) is 1.69. The normalized spacial score (nSPS) is 24.8. The number of rotatable bonds is 6. The molecule has 0 amide bonds. The molecule has 1 heterocycles. The molecule has 0 spiro atoms. The molecule has 4 nitrogen and oxygen atoms in total. The molecule has 4 rings (SSSR count). The van der Waals surface area contributed by atoms with Crippen molar-refractivity contribution in [3.05, 3.63) is 59.2 Å². The van der Waals surface area contributed by atoms with Crippen LogP contribution in [-0.2, 0) is 13.2 Å². The zero-order chi connectivity index (χ0) is 18.8. The predicted molar refractivity (Wildman–Crippen MR) is 106 cm³/mol. The lowest BCUT2D eigenvalue weighted by Crippen LogP contribution is -2.44. The van der Waals surface area contributed by atoms with Gasteiger partial charge in [0.2, 0.25) is 0 Å². The zero-order valence-electron chi connectivity index (χ0n) is 16.2. The Labute approximate surface area is 161 Å². The fourth-order valence-corrected chi connectivity index (χ4v) is 4.45. The fraction of sp³-hybridized carbons (Fsp3) is 0.478. The number of fused-ring (bicyclic) bond motifs is 2. The number of aliphatic hydroxyl groups is 1. The number of piperidine rings is 1. The number of benzene rings is 2. The molecule has 2 aliphatic rings. The number of nitrogens with zero attached hydrogens (tertiary/aromatic N) is 1. The van der Waals surface area contributed by atoms with E-state index in [-0.39, 0.29) is 6.10 Å². The molecule has 2 aromatic carbocycles. The SMILES string of the molecule is COc1cc(CN2C[C@H]3CC[C@@H](C2)C3O)ccc1OCc1ccc(C)cc1. The second-order valence-electron chi connectivity index (χ2n) is 8.04. The van der Waals surface area contributed by atoms with Crippen molar-refractivity contribution in [3.8, 4) is 11.5 Å². The molecular formula is C23H29NO3. The molecule has 1 saturated heterocycles. The number of ether oxygens (including phenoxy) is 2. The van der Waals surface area contributed by atoms with E-state index >= 15 is 0 Å². The molecule has 1 N–H and O–H groups in total. The van der Waals surface area contributed by atoms with Gasteiger partial charge in [0.15, 0.2) is 11.5 Å². The first-order valence-electron chi connectivity index (χ1n) is 9.88. The van der Waals surface area contributed by atoms with Gasteiger partial charge in [0.1, 0.15) is 6.61 Å². The van der Waals surface area contributed by atoms with E-state index < -0.39 is 0 Å². The molecule has 3 atom stereocenters. The van der Waals surface area contributed by atoms with Gasteiger partial charge in [0, 0.05) is 19.6 Å². The van der Waals surface area contributed by atoms with Crippen LogP contribution in [0.4, 0.5) is 0 Å². The first-order valence-corrected chi connectivity index (χ1v) is 9.88. The molecule has 2 bridgehead atoms. The average Bonchev–Trinajstić information content (AvgIpc) is 2.89. The van der Waals surface area contributed by atoms with Crippen molar-refractivity contribution in [2.75, 3.05) is 20.2 Å². The van der Waals surface area contributed by atoms with Gasteiger partial charge >= 0.3 is 0 Å². The van der Waals surface area contributed by atoms with Crippen molar-refractivity contribution in [1.29, 1.82) is 0 Å². The highest BCUT2D eigenvalue weighted by atomic mass is 16.5. The third kappa shape index (κ3) is 4.12. The van der Waals surface area contributed by atoms with Crippen molar-refractivity contribution in [1.82, 2.24) is 4.90 Å². The van der Waals surface area contributed by atoms with Gasteiger partial charge in [-0.2, -0.15) is 0 Å². The Morgan fingerprint density at radius 2 is 1.63 bits per heavy atom. The van der Waals surface area contributed by atoms with Crippen LogP contribution in [0.3, 0.4) is 0 Å². The maximum absolute atomic E-state index is 10.2. The highest BCUT2D eigenvalue weighted by Crippen LogP contribution is 2.37. The van der Waals surface area contributed by atoms with Gasteiger partial charge in [-0.05, 0) is 54.9 Å². The molecule has 1 aliphatic heterocycles. The number of aliphatic hydroxyl groups excluding tert-OH is 1. The topological polar surface area (TPSA) is 41.9 Å². The maximum Gasteiger partial charge on any atom is 0.161 e. The highest BCUT2D eigenvalue weighted by Gasteiger charge is 2.40. The molecule has 1 unspecified atom stereocenters. The maximum atomic E-state index is 10.2. The average molecular weight is 367 g/mol. The van der Waals surface area contributed by atoms with Gasteiger partial charge < -0.3 is 14.6 Å². The summed E-state index contributed by atoms with van der Waals surface area (Å²) in [5.41, 5.74) is 3.62. The Bertz CT molecular complexity index is 760. The van der Waals surface area contributed by atoms with Crippen LogP contribution < -0.4 is 9.47 Å². The summed E-state index contributed by atoms with van der Waals surface area (Å²) in [6, 6.07) is 14.6. The number of methoxy groups -OCH3 is 1. The minimum Gasteiger partial charge on any atom is -0.493 e. The monoisotopic (exact) mass is 367 g/mol.